The summed E-state index contributed by atoms with van der Waals surface area (Å²) < 4.78 is 11.1. The van der Waals surface area contributed by atoms with Gasteiger partial charge in [0.05, 0.1) is 25.7 Å². The molecule has 0 fully saturated rings. The van der Waals surface area contributed by atoms with E-state index >= 15 is 0 Å². The fraction of sp³-hybridized carbons (Fsp3) is 1.00. The van der Waals surface area contributed by atoms with E-state index in [4.69, 9.17) is 17.3 Å². The summed E-state index contributed by atoms with van der Waals surface area (Å²) >= 11 is 0. The molecule has 0 aliphatic carbocycles. The lowest BCUT2D eigenvalue weighted by molar-refractivity contribution is -0.0590. The van der Waals surface area contributed by atoms with Crippen molar-refractivity contribution in [2.75, 3.05) is 13.7 Å². The first-order valence-corrected chi connectivity index (χ1v) is 5.22. The van der Waals surface area contributed by atoms with Crippen molar-refractivity contribution in [3.8, 4) is 0 Å². The third-order valence-electron chi connectivity index (χ3n) is 2.50. The third kappa shape index (κ3) is 6.44. The highest BCUT2D eigenvalue weighted by molar-refractivity contribution is 6.08. The van der Waals surface area contributed by atoms with Gasteiger partial charge in [-0.3, -0.25) is 0 Å². The second-order valence-electron chi connectivity index (χ2n) is 4.86. The first kappa shape index (κ1) is 14.0. The number of hydrogen-bond acceptors (Lipinski definition) is 2. The van der Waals surface area contributed by atoms with Gasteiger partial charge in [0, 0.05) is 7.11 Å². The van der Waals surface area contributed by atoms with E-state index in [-0.39, 0.29) is 11.2 Å². The smallest absolute Gasteiger partial charge is 0.0654 e. The Morgan fingerprint density at radius 3 is 2.00 bits per heavy atom. The van der Waals surface area contributed by atoms with Crippen LogP contribution in [0.2, 0.25) is 6.32 Å². The van der Waals surface area contributed by atoms with Crippen molar-refractivity contribution in [3.63, 3.8) is 0 Å². The molecular formula is C11H23BO2. The van der Waals surface area contributed by atoms with Crippen LogP contribution in [-0.4, -0.2) is 32.8 Å². The normalized spacial score (nSPS) is 13.2. The van der Waals surface area contributed by atoms with Crippen molar-refractivity contribution in [2.24, 2.45) is 0 Å². The Balaban J connectivity index is 3.73. The molecular weight excluding hydrogens is 175 g/mol. The second-order valence-corrected chi connectivity index (χ2v) is 4.86. The Labute approximate surface area is 89.8 Å². The molecule has 2 radical (unpaired) electrons. The van der Waals surface area contributed by atoms with Crippen LogP contribution in [-0.2, 0) is 9.47 Å². The lowest BCUT2D eigenvalue weighted by atomic mass is 9.92. The summed E-state index contributed by atoms with van der Waals surface area (Å²) in [6, 6.07) is 0. The van der Waals surface area contributed by atoms with Gasteiger partial charge in [-0.2, -0.15) is 0 Å². The van der Waals surface area contributed by atoms with E-state index in [2.05, 4.69) is 27.7 Å². The first-order chi connectivity index (χ1) is 6.33. The van der Waals surface area contributed by atoms with E-state index in [0.29, 0.717) is 12.9 Å². The van der Waals surface area contributed by atoms with Crippen LogP contribution >= 0.6 is 0 Å². The monoisotopic (exact) mass is 198 g/mol. The average Bonchev–Trinajstić information content (AvgIpc) is 2.03. The van der Waals surface area contributed by atoms with Gasteiger partial charge in [-0.25, -0.2) is 0 Å². The maximum absolute atomic E-state index is 5.75. The molecule has 0 bridgehead atoms. The van der Waals surface area contributed by atoms with Crippen molar-refractivity contribution in [1.29, 1.82) is 0 Å². The van der Waals surface area contributed by atoms with Crippen LogP contribution in [0.3, 0.4) is 0 Å². The highest BCUT2D eigenvalue weighted by Crippen LogP contribution is 2.19. The molecule has 14 heavy (non-hydrogen) atoms. The molecule has 0 spiro atoms. The molecule has 0 unspecified atom stereocenters. The molecule has 0 amide bonds. The number of hydrogen-bond donors (Lipinski definition) is 0. The summed E-state index contributed by atoms with van der Waals surface area (Å²) in [4.78, 5) is 0. The molecule has 0 aromatic rings. The fourth-order valence-electron chi connectivity index (χ4n) is 1.09. The predicted octanol–water partition coefficient (Wildman–Crippen LogP) is 2.57. The zero-order valence-electron chi connectivity index (χ0n) is 10.2. The van der Waals surface area contributed by atoms with Crippen LogP contribution in [0.5, 0.6) is 0 Å². The van der Waals surface area contributed by atoms with Crippen LogP contribution in [0.1, 0.15) is 40.5 Å². The second kappa shape index (κ2) is 5.77. The summed E-state index contributed by atoms with van der Waals surface area (Å²) in [6.07, 6.45) is 2.46. The molecule has 82 valence electrons. The van der Waals surface area contributed by atoms with Gasteiger partial charge in [0.2, 0.25) is 0 Å². The Kier molecular flexibility index (Phi) is 5.76. The van der Waals surface area contributed by atoms with Crippen molar-refractivity contribution < 1.29 is 9.47 Å². The van der Waals surface area contributed by atoms with Gasteiger partial charge in [-0.05, 0) is 40.5 Å². The van der Waals surface area contributed by atoms with Crippen molar-refractivity contribution in [2.45, 2.75) is 58.1 Å². The van der Waals surface area contributed by atoms with Gasteiger partial charge < -0.3 is 9.47 Å². The molecule has 3 heteroatoms. The van der Waals surface area contributed by atoms with Crippen LogP contribution in [0, 0.1) is 0 Å². The summed E-state index contributed by atoms with van der Waals surface area (Å²) in [6.45, 7) is 8.98. The minimum absolute atomic E-state index is 0.0984. The maximum Gasteiger partial charge on any atom is 0.0654 e. The maximum atomic E-state index is 5.75. The molecule has 0 rings (SSSR count). The Morgan fingerprint density at radius 1 is 1.00 bits per heavy atom. The van der Waals surface area contributed by atoms with Crippen LogP contribution in [0.15, 0.2) is 0 Å². The van der Waals surface area contributed by atoms with E-state index in [0.717, 1.165) is 12.8 Å². The van der Waals surface area contributed by atoms with Crippen LogP contribution in [0.25, 0.3) is 0 Å². The van der Waals surface area contributed by atoms with Crippen molar-refractivity contribution in [1.82, 2.24) is 0 Å². The fourth-order valence-corrected chi connectivity index (χ4v) is 1.09. The van der Waals surface area contributed by atoms with Crippen molar-refractivity contribution >= 4 is 7.85 Å². The van der Waals surface area contributed by atoms with Crippen molar-refractivity contribution in [3.05, 3.63) is 0 Å². The average molecular weight is 198 g/mol. The Morgan fingerprint density at radius 2 is 1.57 bits per heavy atom. The van der Waals surface area contributed by atoms with E-state index in [1.54, 1.807) is 7.11 Å². The topological polar surface area (TPSA) is 18.5 Å². The Bertz CT molecular complexity index is 155. The summed E-state index contributed by atoms with van der Waals surface area (Å²) in [5, 5.41) is 0. The lowest BCUT2D eigenvalue weighted by Gasteiger charge is -2.28. The number of ether oxygens (including phenoxy) is 2. The summed E-state index contributed by atoms with van der Waals surface area (Å²) in [5.74, 6) is 0. The third-order valence-corrected chi connectivity index (χ3v) is 2.50. The highest BCUT2D eigenvalue weighted by atomic mass is 16.5. The lowest BCUT2D eigenvalue weighted by Crippen LogP contribution is -2.29. The van der Waals surface area contributed by atoms with E-state index in [9.17, 15) is 0 Å². The SMILES string of the molecule is [B]CCC(C)(C)OCCC(C)(C)OC. The van der Waals surface area contributed by atoms with Gasteiger partial charge in [0.25, 0.3) is 0 Å². The zero-order valence-corrected chi connectivity index (χ0v) is 10.2. The summed E-state index contributed by atoms with van der Waals surface area (Å²) in [7, 11) is 7.22. The first-order valence-electron chi connectivity index (χ1n) is 5.22. The molecule has 0 saturated heterocycles. The molecule has 0 N–H and O–H groups in total. The van der Waals surface area contributed by atoms with Crippen LogP contribution < -0.4 is 0 Å². The molecule has 0 aromatic heterocycles. The van der Waals surface area contributed by atoms with Gasteiger partial charge in [-0.15, -0.1) is 0 Å². The largest absolute Gasteiger partial charge is 0.379 e. The van der Waals surface area contributed by atoms with Gasteiger partial charge >= 0.3 is 0 Å². The Hall–Kier alpha value is -0.0151. The molecule has 0 aliphatic rings. The molecule has 0 saturated carbocycles. The van der Waals surface area contributed by atoms with Gasteiger partial charge in [-0.1, -0.05) is 6.32 Å². The summed E-state index contributed by atoms with van der Waals surface area (Å²) in [5.41, 5.74) is -0.211. The van der Waals surface area contributed by atoms with Crippen LogP contribution in [0.4, 0.5) is 0 Å². The van der Waals surface area contributed by atoms with Gasteiger partial charge in [0.1, 0.15) is 0 Å². The van der Waals surface area contributed by atoms with E-state index in [1.165, 1.54) is 0 Å². The quantitative estimate of drug-likeness (QED) is 0.585. The molecule has 0 heterocycles. The number of methoxy groups -OCH3 is 1. The predicted molar refractivity (Wildman–Crippen MR) is 60.9 cm³/mol. The zero-order chi connectivity index (χ0) is 11.2. The minimum Gasteiger partial charge on any atom is -0.379 e. The molecule has 0 aliphatic heterocycles. The highest BCUT2D eigenvalue weighted by Gasteiger charge is 2.20. The van der Waals surface area contributed by atoms with E-state index < -0.39 is 0 Å². The van der Waals surface area contributed by atoms with E-state index in [1.807, 2.05) is 0 Å². The van der Waals surface area contributed by atoms with Gasteiger partial charge in [0.15, 0.2) is 0 Å². The molecule has 0 atom stereocenters. The minimum atomic E-state index is -0.113. The number of rotatable bonds is 7. The standard InChI is InChI=1S/C11H23BO2/c1-10(2,13-5)7-9-14-11(3,4)6-8-12/h6-9H2,1-5H3. The molecule has 2 nitrogen and oxygen atoms in total. The molecule has 0 aromatic carbocycles.